The molecular weight excluding hydrogens is 619 g/mol. The minimum absolute atomic E-state index is 0.0338. The fourth-order valence-corrected chi connectivity index (χ4v) is 4.57. The molecule has 47 heavy (non-hydrogen) atoms. The van der Waals surface area contributed by atoms with Gasteiger partial charge in [-0.1, -0.05) is 42.0 Å². The Morgan fingerprint density at radius 1 is 1.04 bits per heavy atom. The lowest BCUT2D eigenvalue weighted by molar-refractivity contribution is -0.385. The van der Waals surface area contributed by atoms with Gasteiger partial charge >= 0.3 is 11.9 Å². The molecule has 0 aliphatic rings. The van der Waals surface area contributed by atoms with Crippen molar-refractivity contribution in [3.05, 3.63) is 122 Å². The number of hydrogen-bond donors (Lipinski definition) is 1. The SMILES string of the molecule is CCOc1cc(C=Nn2c(-c3cccc(C(F)(F)F)c3)nc3ccccc3c2=O)cc([N+](=O)[O-])c1OCC(=O)Nc1ccc(C)cc1. The molecule has 5 rings (SSSR count). The zero-order valence-electron chi connectivity index (χ0n) is 24.9. The van der Waals surface area contributed by atoms with E-state index in [4.69, 9.17) is 9.47 Å². The third kappa shape index (κ3) is 7.44. The quantitative estimate of drug-likeness (QED) is 0.103. The number of benzene rings is 4. The number of ether oxygens (including phenoxy) is 2. The maximum Gasteiger partial charge on any atom is 0.416 e. The van der Waals surface area contributed by atoms with Crippen LogP contribution in [-0.2, 0) is 11.0 Å². The highest BCUT2D eigenvalue weighted by Crippen LogP contribution is 2.38. The van der Waals surface area contributed by atoms with Gasteiger partial charge < -0.3 is 14.8 Å². The van der Waals surface area contributed by atoms with Gasteiger partial charge in [0.1, 0.15) is 0 Å². The van der Waals surface area contributed by atoms with Crippen LogP contribution in [0.25, 0.3) is 22.3 Å². The molecule has 4 aromatic carbocycles. The maximum absolute atomic E-state index is 13.5. The van der Waals surface area contributed by atoms with E-state index < -0.39 is 40.4 Å². The van der Waals surface area contributed by atoms with Crippen molar-refractivity contribution < 1.29 is 32.4 Å². The Hall–Kier alpha value is -6.05. The predicted molar refractivity (Wildman–Crippen MR) is 169 cm³/mol. The second-order valence-corrected chi connectivity index (χ2v) is 10.2. The average molecular weight is 646 g/mol. The highest BCUT2D eigenvalue weighted by atomic mass is 19.4. The number of nitro benzene ring substituents is 1. The topological polar surface area (TPSA) is 138 Å². The molecule has 1 heterocycles. The average Bonchev–Trinajstić information content (AvgIpc) is 3.04. The van der Waals surface area contributed by atoms with Gasteiger partial charge in [-0.2, -0.15) is 22.9 Å². The molecule has 0 unspecified atom stereocenters. The van der Waals surface area contributed by atoms with Gasteiger partial charge in [0.05, 0.1) is 34.2 Å². The molecule has 1 amide bonds. The van der Waals surface area contributed by atoms with E-state index >= 15 is 0 Å². The van der Waals surface area contributed by atoms with Crippen molar-refractivity contribution in [2.75, 3.05) is 18.5 Å². The normalized spacial score (nSPS) is 11.5. The summed E-state index contributed by atoms with van der Waals surface area (Å²) in [5.41, 5.74) is -0.389. The zero-order chi connectivity index (χ0) is 33.7. The number of aromatic nitrogens is 2. The van der Waals surface area contributed by atoms with E-state index in [1.54, 1.807) is 49.4 Å². The number of carbonyl (C=O) groups excluding carboxylic acids is 1. The summed E-state index contributed by atoms with van der Waals surface area (Å²) < 4.78 is 52.5. The van der Waals surface area contributed by atoms with Gasteiger partial charge in [-0.25, -0.2) is 4.98 Å². The van der Waals surface area contributed by atoms with Gasteiger partial charge in [-0.15, -0.1) is 0 Å². The number of carbonyl (C=O) groups is 1. The number of halogens is 3. The number of rotatable bonds is 10. The van der Waals surface area contributed by atoms with Gasteiger partial charge in [-0.3, -0.25) is 19.7 Å². The molecule has 0 fully saturated rings. The van der Waals surface area contributed by atoms with Crippen LogP contribution in [-0.4, -0.2) is 39.9 Å². The van der Waals surface area contributed by atoms with Gasteiger partial charge in [0.15, 0.2) is 18.2 Å². The third-order valence-electron chi connectivity index (χ3n) is 6.76. The van der Waals surface area contributed by atoms with E-state index in [-0.39, 0.29) is 46.0 Å². The highest BCUT2D eigenvalue weighted by molar-refractivity contribution is 5.92. The van der Waals surface area contributed by atoms with Crippen LogP contribution in [0.2, 0.25) is 0 Å². The van der Waals surface area contributed by atoms with Crippen molar-refractivity contribution in [2.24, 2.45) is 5.10 Å². The summed E-state index contributed by atoms with van der Waals surface area (Å²) in [6.07, 6.45) is -3.54. The van der Waals surface area contributed by atoms with Crippen LogP contribution in [0, 0.1) is 17.0 Å². The third-order valence-corrected chi connectivity index (χ3v) is 6.76. The molecule has 0 spiro atoms. The number of anilines is 1. The van der Waals surface area contributed by atoms with Crippen molar-refractivity contribution >= 4 is 34.4 Å². The smallest absolute Gasteiger partial charge is 0.416 e. The molecule has 0 saturated heterocycles. The van der Waals surface area contributed by atoms with Crippen LogP contribution in [0.15, 0.2) is 94.8 Å². The number of fused-ring (bicyclic) bond motifs is 1. The number of aryl methyl sites for hydroxylation is 1. The van der Waals surface area contributed by atoms with Crippen molar-refractivity contribution in [2.45, 2.75) is 20.0 Å². The molecule has 14 heteroatoms. The number of hydrogen-bond acceptors (Lipinski definition) is 8. The lowest BCUT2D eigenvalue weighted by Crippen LogP contribution is -2.21. The van der Waals surface area contributed by atoms with Crippen molar-refractivity contribution in [3.63, 3.8) is 0 Å². The molecule has 0 radical (unpaired) electrons. The first kappa shape index (κ1) is 32.3. The molecule has 1 N–H and O–H groups in total. The minimum Gasteiger partial charge on any atom is -0.490 e. The van der Waals surface area contributed by atoms with E-state index in [0.29, 0.717) is 5.69 Å². The molecule has 0 aliphatic carbocycles. The van der Waals surface area contributed by atoms with Crippen molar-refractivity contribution in [3.8, 4) is 22.9 Å². The molecular formula is C33H26F3N5O6. The van der Waals surface area contributed by atoms with Crippen LogP contribution >= 0.6 is 0 Å². The standard InChI is InChI=1S/C33H26F3N5O6/c1-3-46-28-16-21(15-27(41(44)45)30(28)47-19-29(42)38-24-13-11-20(2)12-14-24)18-37-40-31(22-7-6-8-23(17-22)33(34,35)36)39-26-10-5-4-9-25(26)32(40)43/h4-18H,3,19H2,1-2H3,(H,38,42). The summed E-state index contributed by atoms with van der Waals surface area (Å²) in [4.78, 5) is 41.8. The monoisotopic (exact) mass is 645 g/mol. The molecule has 0 saturated carbocycles. The van der Waals surface area contributed by atoms with E-state index in [9.17, 15) is 32.9 Å². The minimum atomic E-state index is -4.65. The Labute approximate surface area is 265 Å². The summed E-state index contributed by atoms with van der Waals surface area (Å²) in [5.74, 6) is -1.13. The van der Waals surface area contributed by atoms with Crippen LogP contribution in [0.1, 0.15) is 23.6 Å². The molecule has 240 valence electrons. The van der Waals surface area contributed by atoms with E-state index in [1.165, 1.54) is 24.3 Å². The van der Waals surface area contributed by atoms with Crippen LogP contribution in [0.4, 0.5) is 24.5 Å². The van der Waals surface area contributed by atoms with Crippen LogP contribution < -0.4 is 20.3 Å². The molecule has 0 bridgehead atoms. The summed E-state index contributed by atoms with van der Waals surface area (Å²) in [6, 6.07) is 20.0. The summed E-state index contributed by atoms with van der Waals surface area (Å²) >= 11 is 0. The Kier molecular flexibility index (Phi) is 9.31. The fraction of sp³-hybridized carbons (Fsp3) is 0.152. The molecule has 0 aliphatic heterocycles. The largest absolute Gasteiger partial charge is 0.490 e. The molecule has 11 nitrogen and oxygen atoms in total. The summed E-state index contributed by atoms with van der Waals surface area (Å²) in [7, 11) is 0. The number of para-hydroxylation sites is 1. The lowest BCUT2D eigenvalue weighted by atomic mass is 10.1. The Balaban J connectivity index is 1.53. The summed E-state index contributed by atoms with van der Waals surface area (Å²) in [5, 5.41) is 19.1. The lowest BCUT2D eigenvalue weighted by Gasteiger charge is -2.14. The Morgan fingerprint density at radius 3 is 2.49 bits per heavy atom. The fourth-order valence-electron chi connectivity index (χ4n) is 4.57. The van der Waals surface area contributed by atoms with Crippen LogP contribution in [0.3, 0.4) is 0 Å². The highest BCUT2D eigenvalue weighted by Gasteiger charge is 2.31. The second kappa shape index (κ2) is 13.5. The molecule has 1 aromatic heterocycles. The predicted octanol–water partition coefficient (Wildman–Crippen LogP) is 6.60. The van der Waals surface area contributed by atoms with E-state index in [0.717, 1.165) is 34.7 Å². The number of nitro groups is 1. The Morgan fingerprint density at radius 2 is 1.79 bits per heavy atom. The summed E-state index contributed by atoms with van der Waals surface area (Å²) in [6.45, 7) is 3.05. The first-order valence-corrected chi connectivity index (χ1v) is 14.1. The molecule has 5 aromatic rings. The number of alkyl halides is 3. The molecule has 0 atom stereocenters. The second-order valence-electron chi connectivity index (χ2n) is 10.2. The number of nitrogens with one attached hydrogen (secondary N) is 1. The first-order valence-electron chi connectivity index (χ1n) is 14.1. The van der Waals surface area contributed by atoms with Gasteiger partial charge in [0, 0.05) is 22.9 Å². The maximum atomic E-state index is 13.5. The van der Waals surface area contributed by atoms with E-state index in [2.05, 4.69) is 15.4 Å². The van der Waals surface area contributed by atoms with Crippen molar-refractivity contribution in [1.82, 2.24) is 9.66 Å². The first-order chi connectivity index (χ1) is 22.4. The van der Waals surface area contributed by atoms with Crippen molar-refractivity contribution in [1.29, 1.82) is 0 Å². The zero-order valence-corrected chi connectivity index (χ0v) is 24.9. The number of amides is 1. The van der Waals surface area contributed by atoms with Gasteiger partial charge in [0.2, 0.25) is 5.75 Å². The van der Waals surface area contributed by atoms with Crippen LogP contribution in [0.5, 0.6) is 11.5 Å². The van der Waals surface area contributed by atoms with Gasteiger partial charge in [0.25, 0.3) is 11.5 Å². The van der Waals surface area contributed by atoms with E-state index in [1.807, 2.05) is 6.92 Å². The van der Waals surface area contributed by atoms with Gasteiger partial charge in [-0.05, 0) is 56.3 Å². The Bertz CT molecular complexity index is 2060. The number of nitrogens with zero attached hydrogens (tertiary/aromatic N) is 4.